The number of aryl methyl sites for hydroxylation is 1. The van der Waals surface area contributed by atoms with Crippen LogP contribution < -0.4 is 16.0 Å². The Bertz CT molecular complexity index is 1380. The number of nitrogens with two attached hydrogens (primary N) is 1. The molecule has 0 radical (unpaired) electrons. The van der Waals surface area contributed by atoms with Gasteiger partial charge >= 0.3 is 0 Å². The maximum Gasteiger partial charge on any atom is 0.257 e. The molecule has 0 atom stereocenters. The van der Waals surface area contributed by atoms with Crippen LogP contribution in [0.3, 0.4) is 0 Å². The van der Waals surface area contributed by atoms with Crippen molar-refractivity contribution < 1.29 is 19.2 Å². The highest BCUT2D eigenvalue weighted by atomic mass is 16.2. The minimum atomic E-state index is -0.492. The molecule has 1 aliphatic carbocycles. The van der Waals surface area contributed by atoms with Crippen molar-refractivity contribution in [3.05, 3.63) is 53.6 Å². The molecule has 10 heteroatoms. The third-order valence-corrected chi connectivity index (χ3v) is 6.43. The van der Waals surface area contributed by atoms with Crippen LogP contribution in [0.15, 0.2) is 42.5 Å². The van der Waals surface area contributed by atoms with Gasteiger partial charge in [0.15, 0.2) is 0 Å². The van der Waals surface area contributed by atoms with Crippen LogP contribution in [0.5, 0.6) is 0 Å². The first-order valence-electron chi connectivity index (χ1n) is 11.7. The zero-order chi connectivity index (χ0) is 25.8. The second-order valence-corrected chi connectivity index (χ2v) is 8.83. The molecular weight excluding hydrogens is 460 g/mol. The van der Waals surface area contributed by atoms with Crippen LogP contribution in [0.25, 0.3) is 11.0 Å². The summed E-state index contributed by atoms with van der Waals surface area (Å²) in [6.45, 7) is 0.207. The van der Waals surface area contributed by atoms with E-state index in [0.29, 0.717) is 53.5 Å². The van der Waals surface area contributed by atoms with Gasteiger partial charge in [-0.05, 0) is 55.3 Å². The number of Topliss-reactive ketones (excluding diaryl/α,β-unsaturated/α-hetero) is 1. The van der Waals surface area contributed by atoms with Crippen LogP contribution in [-0.2, 0) is 20.9 Å². The summed E-state index contributed by atoms with van der Waals surface area (Å²) in [7, 11) is 1.69. The molecule has 3 N–H and O–H groups in total. The molecule has 0 unspecified atom stereocenters. The number of nitrogens with one attached hydrogen (secondary N) is 1. The Balaban J connectivity index is 1.62. The molecule has 1 aromatic heterocycles. The molecule has 1 aliphatic rings. The van der Waals surface area contributed by atoms with E-state index in [1.54, 1.807) is 59.0 Å². The highest BCUT2D eigenvalue weighted by Crippen LogP contribution is 2.29. The van der Waals surface area contributed by atoms with Gasteiger partial charge in [-0.15, -0.1) is 0 Å². The van der Waals surface area contributed by atoms with Crippen molar-refractivity contribution in [1.82, 2.24) is 9.55 Å². The lowest BCUT2D eigenvalue weighted by atomic mass is 9.87. The van der Waals surface area contributed by atoms with Crippen molar-refractivity contribution >= 4 is 46.2 Å². The first-order chi connectivity index (χ1) is 17.3. The number of carbonyl (C=O) groups is 4. The summed E-state index contributed by atoms with van der Waals surface area (Å²) in [5, 5.41) is 11.7. The molecule has 0 bridgehead atoms. The van der Waals surface area contributed by atoms with Crippen LogP contribution in [0.4, 0.5) is 11.6 Å². The largest absolute Gasteiger partial charge is 0.370 e. The maximum atomic E-state index is 13.0. The van der Waals surface area contributed by atoms with E-state index in [-0.39, 0.29) is 36.5 Å². The molecule has 1 fully saturated rings. The SMILES string of the molecule is CN(C(=O)C1CCC(=O)CC1)c1ccc2c(c1)nc(NC(=O)c1ccc(C#N)cc1)n2CCC(N)=O. The van der Waals surface area contributed by atoms with Gasteiger partial charge in [-0.25, -0.2) is 4.98 Å². The Kier molecular flexibility index (Phi) is 7.10. The van der Waals surface area contributed by atoms with Gasteiger partial charge in [0.2, 0.25) is 17.8 Å². The van der Waals surface area contributed by atoms with E-state index in [1.165, 1.54) is 0 Å². The fourth-order valence-corrected chi connectivity index (χ4v) is 4.33. The summed E-state index contributed by atoms with van der Waals surface area (Å²) >= 11 is 0. The van der Waals surface area contributed by atoms with Gasteiger partial charge in [0, 0.05) is 50.0 Å². The summed E-state index contributed by atoms with van der Waals surface area (Å²) < 4.78 is 1.69. The number of rotatable bonds is 7. The molecule has 0 saturated heterocycles. The number of carbonyl (C=O) groups excluding carboxylic acids is 4. The molecule has 10 nitrogen and oxygen atoms in total. The lowest BCUT2D eigenvalue weighted by Crippen LogP contribution is -2.35. The number of anilines is 2. The van der Waals surface area contributed by atoms with Crippen molar-refractivity contribution in [1.29, 1.82) is 5.26 Å². The lowest BCUT2D eigenvalue weighted by Gasteiger charge is -2.26. The average Bonchev–Trinajstić information content (AvgIpc) is 3.22. The average molecular weight is 487 g/mol. The van der Waals surface area contributed by atoms with Gasteiger partial charge in [-0.2, -0.15) is 5.26 Å². The summed E-state index contributed by atoms with van der Waals surface area (Å²) in [5.41, 5.74) is 7.96. The van der Waals surface area contributed by atoms with Crippen molar-refractivity contribution in [2.45, 2.75) is 38.6 Å². The maximum absolute atomic E-state index is 13.0. The Hall–Kier alpha value is -4.52. The van der Waals surface area contributed by atoms with Gasteiger partial charge in [0.05, 0.1) is 22.7 Å². The second kappa shape index (κ2) is 10.4. The first kappa shape index (κ1) is 24.6. The molecule has 0 aliphatic heterocycles. The smallest absolute Gasteiger partial charge is 0.257 e. The van der Waals surface area contributed by atoms with Gasteiger partial charge < -0.3 is 15.2 Å². The number of primary amides is 1. The normalized spacial score (nSPS) is 13.8. The Labute approximate surface area is 207 Å². The predicted molar refractivity (Wildman–Crippen MR) is 133 cm³/mol. The molecule has 184 valence electrons. The summed E-state index contributed by atoms with van der Waals surface area (Å²) in [6, 6.07) is 13.5. The summed E-state index contributed by atoms with van der Waals surface area (Å²) in [5.74, 6) is -0.732. The van der Waals surface area contributed by atoms with E-state index in [1.807, 2.05) is 6.07 Å². The molecule has 36 heavy (non-hydrogen) atoms. The first-order valence-corrected chi connectivity index (χ1v) is 11.7. The van der Waals surface area contributed by atoms with Gasteiger partial charge in [-0.1, -0.05) is 0 Å². The third kappa shape index (κ3) is 5.25. The number of aromatic nitrogens is 2. The molecule has 3 amide bonds. The van der Waals surface area contributed by atoms with Gasteiger partial charge in [0.25, 0.3) is 5.91 Å². The molecule has 3 aromatic rings. The van der Waals surface area contributed by atoms with Crippen molar-refractivity contribution in [2.75, 3.05) is 17.3 Å². The van der Waals surface area contributed by atoms with Gasteiger partial charge in [-0.3, -0.25) is 24.5 Å². The number of hydrogen-bond acceptors (Lipinski definition) is 6. The van der Waals surface area contributed by atoms with E-state index in [4.69, 9.17) is 11.0 Å². The van der Waals surface area contributed by atoms with Crippen LogP contribution in [-0.4, -0.2) is 40.1 Å². The summed E-state index contributed by atoms with van der Waals surface area (Å²) in [6.07, 6.45) is 2.01. The van der Waals surface area contributed by atoms with Crippen molar-refractivity contribution in [2.24, 2.45) is 11.7 Å². The van der Waals surface area contributed by atoms with E-state index in [0.717, 1.165) is 0 Å². The minimum absolute atomic E-state index is 0.0474. The number of fused-ring (bicyclic) bond motifs is 1. The number of nitriles is 1. The molecule has 2 aromatic carbocycles. The molecule has 1 heterocycles. The lowest BCUT2D eigenvalue weighted by molar-refractivity contribution is -0.126. The van der Waals surface area contributed by atoms with E-state index >= 15 is 0 Å². The Morgan fingerprint density at radius 1 is 1.17 bits per heavy atom. The molecular formula is C26H26N6O4. The Morgan fingerprint density at radius 2 is 1.86 bits per heavy atom. The van der Waals surface area contributed by atoms with Crippen LogP contribution in [0.1, 0.15) is 48.0 Å². The van der Waals surface area contributed by atoms with E-state index in [9.17, 15) is 19.2 Å². The summed E-state index contributed by atoms with van der Waals surface area (Å²) in [4.78, 5) is 54.9. The number of imidazole rings is 1. The standard InChI is InChI=1S/C26H26N6O4/c1-31(25(36)18-6-9-20(33)10-7-18)19-8-11-22-21(14-19)29-26(32(22)13-12-23(28)34)30-24(35)17-4-2-16(15-27)3-5-17/h2-5,8,11,14,18H,6-7,9-10,12-13H2,1H3,(H2,28,34)(H,29,30,35). The Morgan fingerprint density at radius 3 is 2.50 bits per heavy atom. The zero-order valence-corrected chi connectivity index (χ0v) is 19.9. The van der Waals surface area contributed by atoms with E-state index < -0.39 is 11.8 Å². The van der Waals surface area contributed by atoms with Crippen molar-refractivity contribution in [3.63, 3.8) is 0 Å². The van der Waals surface area contributed by atoms with Crippen LogP contribution in [0, 0.1) is 17.2 Å². The highest BCUT2D eigenvalue weighted by Gasteiger charge is 2.28. The number of amides is 3. The number of ketones is 1. The molecule has 4 rings (SSSR count). The molecule has 1 saturated carbocycles. The van der Waals surface area contributed by atoms with Gasteiger partial charge in [0.1, 0.15) is 5.78 Å². The third-order valence-electron chi connectivity index (χ3n) is 6.43. The van der Waals surface area contributed by atoms with Crippen molar-refractivity contribution in [3.8, 4) is 6.07 Å². The minimum Gasteiger partial charge on any atom is -0.370 e. The topological polar surface area (TPSA) is 151 Å². The molecule has 0 spiro atoms. The zero-order valence-electron chi connectivity index (χ0n) is 19.9. The quantitative estimate of drug-likeness (QED) is 0.524. The number of nitrogens with zero attached hydrogens (tertiary/aromatic N) is 4. The van der Waals surface area contributed by atoms with Crippen LogP contribution in [0.2, 0.25) is 0 Å². The highest BCUT2D eigenvalue weighted by molar-refractivity contribution is 6.04. The van der Waals surface area contributed by atoms with Crippen LogP contribution >= 0.6 is 0 Å². The monoisotopic (exact) mass is 486 g/mol. The fourth-order valence-electron chi connectivity index (χ4n) is 4.33. The van der Waals surface area contributed by atoms with E-state index in [2.05, 4.69) is 10.3 Å². The second-order valence-electron chi connectivity index (χ2n) is 8.83. The predicted octanol–water partition coefficient (Wildman–Crippen LogP) is 2.76. The number of hydrogen-bond donors (Lipinski definition) is 2. The number of benzene rings is 2. The fraction of sp³-hybridized carbons (Fsp3) is 0.308.